The van der Waals surface area contributed by atoms with Crippen LogP contribution in [0.5, 0.6) is 11.5 Å². The van der Waals surface area contributed by atoms with Gasteiger partial charge in [0.2, 0.25) is 0 Å². The second kappa shape index (κ2) is 14.4. The van der Waals surface area contributed by atoms with Crippen LogP contribution in [0.2, 0.25) is 5.02 Å². The van der Waals surface area contributed by atoms with Crippen LogP contribution in [-0.2, 0) is 22.6 Å². The highest BCUT2D eigenvalue weighted by atomic mass is 35.5. The van der Waals surface area contributed by atoms with Crippen LogP contribution >= 0.6 is 11.6 Å². The van der Waals surface area contributed by atoms with Crippen LogP contribution in [0.3, 0.4) is 0 Å². The van der Waals surface area contributed by atoms with Crippen LogP contribution in [-0.4, -0.2) is 39.9 Å². The van der Waals surface area contributed by atoms with Crippen molar-refractivity contribution >= 4 is 46.6 Å². The van der Waals surface area contributed by atoms with Gasteiger partial charge >= 0.3 is 11.9 Å². The predicted octanol–water partition coefficient (Wildman–Crippen LogP) is 7.33. The minimum absolute atomic E-state index is 0.0488. The molecule has 214 valence electrons. The van der Waals surface area contributed by atoms with Crippen LogP contribution in [0.25, 0.3) is 23.1 Å². The molecule has 0 radical (unpaired) electrons. The lowest BCUT2D eigenvalue weighted by Gasteiger charge is -2.09. The molecule has 4 rings (SSSR count). The van der Waals surface area contributed by atoms with Gasteiger partial charge in [-0.05, 0) is 72.4 Å². The summed E-state index contributed by atoms with van der Waals surface area (Å²) in [6.07, 6.45) is 7.56. The molecule has 3 aromatic carbocycles. The summed E-state index contributed by atoms with van der Waals surface area (Å²) in [5, 5.41) is 19.6. The van der Waals surface area contributed by atoms with E-state index in [9.17, 15) is 19.1 Å². The number of halogens is 2. The van der Waals surface area contributed by atoms with E-state index in [0.717, 1.165) is 34.2 Å². The van der Waals surface area contributed by atoms with Gasteiger partial charge in [0.1, 0.15) is 5.75 Å². The molecule has 0 bridgehead atoms. The Morgan fingerprint density at radius 1 is 0.902 bits per heavy atom. The topological polar surface area (TPSA) is 98.0 Å². The van der Waals surface area contributed by atoms with Crippen LogP contribution in [0.4, 0.5) is 4.39 Å². The average Bonchev–Trinajstić information content (AvgIpc) is 3.28. The molecule has 1 heterocycles. The van der Waals surface area contributed by atoms with E-state index >= 15 is 0 Å². The van der Waals surface area contributed by atoms with Gasteiger partial charge in [-0.1, -0.05) is 48.0 Å². The van der Waals surface area contributed by atoms with Crippen LogP contribution in [0.15, 0.2) is 66.9 Å². The zero-order valence-electron chi connectivity index (χ0n) is 22.4. The van der Waals surface area contributed by atoms with Crippen molar-refractivity contribution in [2.45, 2.75) is 38.6 Å². The zero-order chi connectivity index (χ0) is 29.2. The van der Waals surface area contributed by atoms with Gasteiger partial charge in [0.15, 0.2) is 11.6 Å². The van der Waals surface area contributed by atoms with E-state index in [1.807, 2.05) is 65.4 Å². The number of carbonyl (C=O) groups is 2. The van der Waals surface area contributed by atoms with E-state index in [2.05, 4.69) is 0 Å². The van der Waals surface area contributed by atoms with Gasteiger partial charge < -0.3 is 24.3 Å². The lowest BCUT2D eigenvalue weighted by atomic mass is 10.0. The van der Waals surface area contributed by atoms with Gasteiger partial charge in [-0.2, -0.15) is 0 Å². The third-order valence-corrected chi connectivity index (χ3v) is 6.68. The molecule has 9 heteroatoms. The molecule has 0 aliphatic heterocycles. The molecule has 0 aliphatic carbocycles. The summed E-state index contributed by atoms with van der Waals surface area (Å²) < 4.78 is 26.9. The Morgan fingerprint density at radius 3 is 2.37 bits per heavy atom. The Kier molecular flexibility index (Phi) is 10.4. The number of carboxylic acids is 2. The molecule has 2 N–H and O–H groups in total. The summed E-state index contributed by atoms with van der Waals surface area (Å²) in [6.45, 7) is 1.36. The summed E-state index contributed by atoms with van der Waals surface area (Å²) in [5.41, 5.74) is 3.40. The first kappa shape index (κ1) is 29.7. The smallest absolute Gasteiger partial charge is 0.307 e. The normalized spacial score (nSPS) is 11.3. The minimum atomic E-state index is -0.924. The number of aromatic nitrogens is 1. The lowest BCUT2D eigenvalue weighted by Crippen LogP contribution is -2.03. The highest BCUT2D eigenvalue weighted by Gasteiger charge is 2.14. The first-order valence-corrected chi connectivity index (χ1v) is 13.7. The molecule has 0 aliphatic rings. The number of benzene rings is 3. The summed E-state index contributed by atoms with van der Waals surface area (Å²) in [7, 11) is 0. The number of aryl methyl sites for hydroxylation is 1. The van der Waals surface area contributed by atoms with Gasteiger partial charge in [-0.15, -0.1) is 0 Å². The number of nitrogens with zero attached hydrogens (tertiary/aromatic N) is 1. The summed E-state index contributed by atoms with van der Waals surface area (Å²) in [5.74, 6) is -1.35. The molecule has 7 nitrogen and oxygen atoms in total. The van der Waals surface area contributed by atoms with Crippen LogP contribution in [0.1, 0.15) is 42.4 Å². The highest BCUT2D eigenvalue weighted by molar-refractivity contribution is 6.30. The van der Waals surface area contributed by atoms with Gasteiger partial charge in [-0.3, -0.25) is 9.59 Å². The third kappa shape index (κ3) is 8.59. The number of aliphatic carboxylic acids is 2. The van der Waals surface area contributed by atoms with Crippen molar-refractivity contribution in [3.63, 3.8) is 0 Å². The van der Waals surface area contributed by atoms with E-state index in [1.54, 1.807) is 6.07 Å². The Balaban J connectivity index is 1.33. The second-order valence-electron chi connectivity index (χ2n) is 9.54. The van der Waals surface area contributed by atoms with Crippen molar-refractivity contribution in [2.24, 2.45) is 0 Å². The number of fused-ring (bicyclic) bond motifs is 1. The molecule has 41 heavy (non-hydrogen) atoms. The van der Waals surface area contributed by atoms with E-state index in [4.69, 9.17) is 26.2 Å². The van der Waals surface area contributed by atoms with E-state index in [0.29, 0.717) is 43.2 Å². The van der Waals surface area contributed by atoms with Crippen molar-refractivity contribution in [1.82, 2.24) is 4.57 Å². The maximum absolute atomic E-state index is 13.7. The first-order valence-electron chi connectivity index (χ1n) is 13.3. The number of rotatable bonds is 15. The number of unbranched alkanes of at least 4 members (excludes halogenated alkanes) is 1. The van der Waals surface area contributed by atoms with Gasteiger partial charge in [0.25, 0.3) is 0 Å². The van der Waals surface area contributed by atoms with E-state index in [-0.39, 0.29) is 18.6 Å². The fourth-order valence-electron chi connectivity index (χ4n) is 4.52. The molecule has 1 aromatic heterocycles. The average molecular weight is 580 g/mol. The van der Waals surface area contributed by atoms with Gasteiger partial charge in [0, 0.05) is 35.1 Å². The zero-order valence-corrected chi connectivity index (χ0v) is 23.1. The predicted molar refractivity (Wildman–Crippen MR) is 157 cm³/mol. The standard InChI is InChI=1S/C32H31ClFNO6/c33-25-12-15-29(27(34)20-25)41-18-2-1-17-40-26-13-9-22(10-14-26)8-11-23-5-3-6-28-32(23)24(19-31(38)39)21-35(28)16-4-7-30(36)37/h3,5-6,8-15,20-21H,1-2,4,7,16-19H2,(H,36,37)(H,38,39). The summed E-state index contributed by atoms with van der Waals surface area (Å²) >= 11 is 5.75. The maximum Gasteiger partial charge on any atom is 0.307 e. The lowest BCUT2D eigenvalue weighted by molar-refractivity contribution is -0.137. The number of hydrogen-bond donors (Lipinski definition) is 2. The van der Waals surface area contributed by atoms with E-state index < -0.39 is 17.8 Å². The summed E-state index contributed by atoms with van der Waals surface area (Å²) in [6, 6.07) is 17.7. The monoisotopic (exact) mass is 579 g/mol. The van der Waals surface area contributed by atoms with Crippen LogP contribution < -0.4 is 9.47 Å². The SMILES string of the molecule is O=C(O)CCCn1cc(CC(=O)O)c2c(C=Cc3ccc(OCCCCOc4ccc(Cl)cc4F)cc3)cccc21. The molecular formula is C32H31ClFNO6. The molecule has 0 atom stereocenters. The van der Waals surface area contributed by atoms with E-state index in [1.165, 1.54) is 12.1 Å². The number of carboxylic acid groups (broad SMARTS) is 2. The Bertz CT molecular complexity index is 1530. The Labute approximate surface area is 242 Å². The largest absolute Gasteiger partial charge is 0.494 e. The van der Waals surface area contributed by atoms with Gasteiger partial charge in [0.05, 0.1) is 19.6 Å². The number of hydrogen-bond acceptors (Lipinski definition) is 4. The highest BCUT2D eigenvalue weighted by Crippen LogP contribution is 2.28. The molecule has 0 saturated carbocycles. The quantitative estimate of drug-likeness (QED) is 0.113. The molecule has 0 fully saturated rings. The molecule has 0 spiro atoms. The van der Waals surface area contributed by atoms with Crippen molar-refractivity contribution in [1.29, 1.82) is 0 Å². The molecule has 0 amide bonds. The maximum atomic E-state index is 13.7. The first-order chi connectivity index (χ1) is 19.8. The second-order valence-corrected chi connectivity index (χ2v) is 9.97. The fourth-order valence-corrected chi connectivity index (χ4v) is 4.68. The van der Waals surface area contributed by atoms with Crippen molar-refractivity contribution in [3.05, 3.63) is 94.4 Å². The van der Waals surface area contributed by atoms with Crippen LogP contribution in [0, 0.1) is 5.82 Å². The number of ether oxygens (including phenoxy) is 2. The summed E-state index contributed by atoms with van der Waals surface area (Å²) in [4.78, 5) is 22.4. The Hall–Kier alpha value is -4.30. The molecular weight excluding hydrogens is 549 g/mol. The van der Waals surface area contributed by atoms with Crippen molar-refractivity contribution < 1.29 is 33.7 Å². The fraction of sp³-hybridized carbons (Fsp3) is 0.250. The van der Waals surface area contributed by atoms with Gasteiger partial charge in [-0.25, -0.2) is 4.39 Å². The van der Waals surface area contributed by atoms with Crippen molar-refractivity contribution in [3.8, 4) is 11.5 Å². The Morgan fingerprint density at radius 2 is 1.66 bits per heavy atom. The molecule has 0 saturated heterocycles. The minimum Gasteiger partial charge on any atom is -0.494 e. The molecule has 4 aromatic rings. The molecule has 0 unspecified atom stereocenters. The van der Waals surface area contributed by atoms with Crippen molar-refractivity contribution in [2.75, 3.05) is 13.2 Å². The third-order valence-electron chi connectivity index (χ3n) is 6.44.